The Morgan fingerprint density at radius 2 is 2.00 bits per heavy atom. The summed E-state index contributed by atoms with van der Waals surface area (Å²) in [5.74, 6) is 0.575. The number of carbonyl (C=O) groups is 1. The van der Waals surface area contributed by atoms with Crippen LogP contribution in [0.5, 0.6) is 5.75 Å². The average molecular weight is 303 g/mol. The van der Waals surface area contributed by atoms with Gasteiger partial charge in [-0.15, -0.1) is 0 Å². The predicted molar refractivity (Wildman–Crippen MR) is 89.3 cm³/mol. The molecule has 1 atom stereocenters. The van der Waals surface area contributed by atoms with E-state index in [1.807, 2.05) is 25.1 Å². The number of methoxy groups -OCH3 is 2. The van der Waals surface area contributed by atoms with Gasteiger partial charge in [0.05, 0.1) is 19.8 Å². The lowest BCUT2D eigenvalue weighted by molar-refractivity contribution is -0.142. The van der Waals surface area contributed by atoms with E-state index >= 15 is 0 Å². The SMILES string of the molecule is CCC(C(=O)OC)N1c2cc(OC)ccc2C(C)=CC1(C)C. The number of rotatable bonds is 4. The zero-order valence-electron chi connectivity index (χ0n) is 14.3. The fourth-order valence-electron chi connectivity index (χ4n) is 3.32. The molecule has 1 unspecified atom stereocenters. The van der Waals surface area contributed by atoms with E-state index in [2.05, 4.69) is 31.7 Å². The molecule has 0 amide bonds. The second-order valence-corrected chi connectivity index (χ2v) is 6.18. The monoisotopic (exact) mass is 303 g/mol. The molecule has 0 aromatic heterocycles. The molecule has 0 radical (unpaired) electrons. The van der Waals surface area contributed by atoms with Gasteiger partial charge in [-0.3, -0.25) is 0 Å². The van der Waals surface area contributed by atoms with E-state index in [1.165, 1.54) is 12.7 Å². The van der Waals surface area contributed by atoms with Gasteiger partial charge in [0.25, 0.3) is 0 Å². The summed E-state index contributed by atoms with van der Waals surface area (Å²) in [6.07, 6.45) is 2.88. The van der Waals surface area contributed by atoms with Crippen LogP contribution in [-0.4, -0.2) is 31.8 Å². The van der Waals surface area contributed by atoms with Gasteiger partial charge >= 0.3 is 5.97 Å². The molecule has 0 saturated heterocycles. The molecule has 0 saturated carbocycles. The van der Waals surface area contributed by atoms with E-state index in [4.69, 9.17) is 9.47 Å². The summed E-state index contributed by atoms with van der Waals surface area (Å²) in [6, 6.07) is 5.67. The van der Waals surface area contributed by atoms with Crippen LogP contribution in [0.2, 0.25) is 0 Å². The van der Waals surface area contributed by atoms with Crippen LogP contribution in [0.4, 0.5) is 5.69 Å². The molecule has 120 valence electrons. The molecule has 4 nitrogen and oxygen atoms in total. The second-order valence-electron chi connectivity index (χ2n) is 6.18. The maximum atomic E-state index is 12.3. The van der Waals surface area contributed by atoms with Crippen molar-refractivity contribution >= 4 is 17.2 Å². The number of fused-ring (bicyclic) bond motifs is 1. The summed E-state index contributed by atoms with van der Waals surface area (Å²) in [7, 11) is 3.09. The van der Waals surface area contributed by atoms with Gasteiger partial charge in [-0.1, -0.05) is 13.0 Å². The molecule has 1 aromatic rings. The van der Waals surface area contributed by atoms with Crippen molar-refractivity contribution in [1.82, 2.24) is 0 Å². The number of carbonyl (C=O) groups excluding carboxylic acids is 1. The maximum Gasteiger partial charge on any atom is 0.328 e. The second kappa shape index (κ2) is 6.03. The van der Waals surface area contributed by atoms with Crippen LogP contribution in [0, 0.1) is 0 Å². The van der Waals surface area contributed by atoms with Gasteiger partial charge in [0, 0.05) is 17.3 Å². The Labute approximate surface area is 132 Å². The number of ether oxygens (including phenoxy) is 2. The topological polar surface area (TPSA) is 38.8 Å². The van der Waals surface area contributed by atoms with Crippen LogP contribution >= 0.6 is 0 Å². The molecule has 1 heterocycles. The van der Waals surface area contributed by atoms with Gasteiger partial charge in [-0.2, -0.15) is 0 Å². The summed E-state index contributed by atoms with van der Waals surface area (Å²) in [5, 5.41) is 0. The number of esters is 1. The molecule has 1 aliphatic heterocycles. The highest BCUT2D eigenvalue weighted by Crippen LogP contribution is 2.42. The lowest BCUT2D eigenvalue weighted by Crippen LogP contribution is -2.54. The maximum absolute atomic E-state index is 12.3. The molecule has 0 aliphatic carbocycles. The molecule has 1 aromatic carbocycles. The highest BCUT2D eigenvalue weighted by atomic mass is 16.5. The normalized spacial score (nSPS) is 17.4. The molecule has 4 heteroatoms. The lowest BCUT2D eigenvalue weighted by atomic mass is 9.86. The smallest absolute Gasteiger partial charge is 0.328 e. The Bertz CT molecular complexity index is 604. The zero-order chi connectivity index (χ0) is 16.5. The molecule has 2 rings (SSSR count). The Morgan fingerprint density at radius 1 is 1.32 bits per heavy atom. The Hall–Kier alpha value is -1.97. The quantitative estimate of drug-likeness (QED) is 0.796. The molecule has 0 bridgehead atoms. The van der Waals surface area contributed by atoms with E-state index in [0.717, 1.165) is 17.0 Å². The van der Waals surface area contributed by atoms with Crippen molar-refractivity contribution in [2.45, 2.75) is 45.7 Å². The van der Waals surface area contributed by atoms with Crippen LogP contribution in [0.3, 0.4) is 0 Å². The first kappa shape index (κ1) is 16.4. The fourth-order valence-corrected chi connectivity index (χ4v) is 3.32. The molecule has 0 spiro atoms. The molecule has 1 aliphatic rings. The summed E-state index contributed by atoms with van der Waals surface area (Å²) in [4.78, 5) is 14.4. The molecule has 0 N–H and O–H groups in total. The summed E-state index contributed by atoms with van der Waals surface area (Å²) >= 11 is 0. The van der Waals surface area contributed by atoms with Gasteiger partial charge in [0.1, 0.15) is 11.8 Å². The summed E-state index contributed by atoms with van der Waals surface area (Å²) in [6.45, 7) is 8.33. The van der Waals surface area contributed by atoms with E-state index in [9.17, 15) is 4.79 Å². The van der Waals surface area contributed by atoms with Crippen molar-refractivity contribution in [2.24, 2.45) is 0 Å². The molecular formula is C18H25NO3. The lowest BCUT2D eigenvalue weighted by Gasteiger charge is -2.46. The van der Waals surface area contributed by atoms with Gasteiger partial charge < -0.3 is 14.4 Å². The minimum atomic E-state index is -0.324. The van der Waals surface area contributed by atoms with Crippen molar-refractivity contribution in [2.75, 3.05) is 19.1 Å². The Kier molecular flexibility index (Phi) is 4.50. The van der Waals surface area contributed by atoms with Crippen LogP contribution in [-0.2, 0) is 9.53 Å². The largest absolute Gasteiger partial charge is 0.497 e. The number of nitrogens with zero attached hydrogens (tertiary/aromatic N) is 1. The summed E-state index contributed by atoms with van der Waals surface area (Å²) in [5.41, 5.74) is 3.07. The zero-order valence-corrected chi connectivity index (χ0v) is 14.3. The number of hydrogen-bond acceptors (Lipinski definition) is 4. The third kappa shape index (κ3) is 2.70. The van der Waals surface area contributed by atoms with E-state index < -0.39 is 0 Å². The van der Waals surface area contributed by atoms with Crippen LogP contribution in [0.1, 0.15) is 39.7 Å². The van der Waals surface area contributed by atoms with Crippen molar-refractivity contribution in [3.8, 4) is 5.75 Å². The Morgan fingerprint density at radius 3 is 2.55 bits per heavy atom. The molecular weight excluding hydrogens is 278 g/mol. The van der Waals surface area contributed by atoms with Gasteiger partial charge in [-0.05, 0) is 44.9 Å². The van der Waals surface area contributed by atoms with Gasteiger partial charge in [-0.25, -0.2) is 4.79 Å². The van der Waals surface area contributed by atoms with Crippen molar-refractivity contribution in [1.29, 1.82) is 0 Å². The third-order valence-corrected chi connectivity index (χ3v) is 4.25. The highest BCUT2D eigenvalue weighted by molar-refractivity contribution is 5.88. The third-order valence-electron chi connectivity index (χ3n) is 4.25. The van der Waals surface area contributed by atoms with E-state index in [0.29, 0.717) is 6.42 Å². The number of allylic oxidation sites excluding steroid dienone is 1. The van der Waals surface area contributed by atoms with Gasteiger partial charge in [0.15, 0.2) is 0 Å². The number of hydrogen-bond donors (Lipinski definition) is 0. The van der Waals surface area contributed by atoms with Crippen molar-refractivity contribution < 1.29 is 14.3 Å². The first-order valence-electron chi connectivity index (χ1n) is 7.60. The standard InChI is InChI=1S/C18H25NO3/c1-7-15(17(20)22-6)19-16-10-13(21-5)8-9-14(16)12(2)11-18(19,3)4/h8-11,15H,7H2,1-6H3. The van der Waals surface area contributed by atoms with Crippen molar-refractivity contribution in [3.63, 3.8) is 0 Å². The van der Waals surface area contributed by atoms with Crippen LogP contribution in [0.15, 0.2) is 24.3 Å². The van der Waals surface area contributed by atoms with Crippen LogP contribution < -0.4 is 9.64 Å². The summed E-state index contributed by atoms with van der Waals surface area (Å²) < 4.78 is 10.4. The first-order valence-corrected chi connectivity index (χ1v) is 7.60. The highest BCUT2D eigenvalue weighted by Gasteiger charge is 2.39. The van der Waals surface area contributed by atoms with Crippen molar-refractivity contribution in [3.05, 3.63) is 29.8 Å². The minimum absolute atomic E-state index is 0.211. The molecule has 0 fully saturated rings. The minimum Gasteiger partial charge on any atom is -0.497 e. The molecule has 22 heavy (non-hydrogen) atoms. The van der Waals surface area contributed by atoms with Crippen LogP contribution in [0.25, 0.3) is 5.57 Å². The van der Waals surface area contributed by atoms with E-state index in [1.54, 1.807) is 7.11 Å². The Balaban J connectivity index is 2.64. The first-order chi connectivity index (χ1) is 10.4. The predicted octanol–water partition coefficient (Wildman–Crippen LogP) is 3.65. The number of benzene rings is 1. The number of anilines is 1. The van der Waals surface area contributed by atoms with Gasteiger partial charge in [0.2, 0.25) is 0 Å². The average Bonchev–Trinajstić information content (AvgIpc) is 2.49. The van der Waals surface area contributed by atoms with E-state index in [-0.39, 0.29) is 17.6 Å². The fraction of sp³-hybridized carbons (Fsp3) is 0.500.